The van der Waals surface area contributed by atoms with E-state index in [1.54, 1.807) is 36.3 Å². The van der Waals surface area contributed by atoms with Gasteiger partial charge in [0.15, 0.2) is 0 Å². The fourth-order valence-corrected chi connectivity index (χ4v) is 2.77. The highest BCUT2D eigenvalue weighted by molar-refractivity contribution is 5.97. The molecule has 2 aromatic rings. The van der Waals surface area contributed by atoms with Gasteiger partial charge < -0.3 is 19.1 Å². The molecule has 0 spiro atoms. The molecular weight excluding hydrogens is 322 g/mol. The molecule has 1 aliphatic heterocycles. The highest BCUT2D eigenvalue weighted by Gasteiger charge is 2.30. The van der Waals surface area contributed by atoms with Gasteiger partial charge in [-0.2, -0.15) is 5.10 Å². The summed E-state index contributed by atoms with van der Waals surface area (Å²) in [4.78, 5) is 14.6. The maximum Gasteiger partial charge on any atom is 0.257 e. The summed E-state index contributed by atoms with van der Waals surface area (Å²) in [5, 5.41) is 7.98. The lowest BCUT2D eigenvalue weighted by Crippen LogP contribution is -2.31. The molecule has 1 amide bonds. The predicted molar refractivity (Wildman–Crippen MR) is 91.3 cm³/mol. The van der Waals surface area contributed by atoms with Crippen molar-refractivity contribution in [2.24, 2.45) is 0 Å². The summed E-state index contributed by atoms with van der Waals surface area (Å²) in [6.45, 7) is 3.00. The largest absolute Gasteiger partial charge is 0.497 e. The summed E-state index contributed by atoms with van der Waals surface area (Å²) < 4.78 is 16.3. The first-order valence-electron chi connectivity index (χ1n) is 8.09. The smallest absolute Gasteiger partial charge is 0.257 e. The molecule has 1 aliphatic rings. The number of likely N-dealkylation sites (tertiary alicyclic amines) is 1. The molecule has 132 valence electrons. The number of aromatic nitrogens is 2. The number of methoxy groups -OCH3 is 2. The Morgan fingerprint density at radius 2 is 2.00 bits per heavy atom. The van der Waals surface area contributed by atoms with Crippen LogP contribution in [0.25, 0.3) is 0 Å². The minimum Gasteiger partial charge on any atom is -0.497 e. The molecule has 3 rings (SSSR count). The standard InChI is InChI=1S/C18H21N3O4/c1-12-4-7-17(20-19-12)25-14-8-9-21(11-14)18(22)15-6-5-13(23-2)10-16(15)24-3/h4-7,10,14H,8-9,11H2,1-3H3. The zero-order chi connectivity index (χ0) is 17.8. The maximum absolute atomic E-state index is 12.8. The van der Waals surface area contributed by atoms with Crippen LogP contribution >= 0.6 is 0 Å². The Kier molecular flexibility index (Phi) is 5.02. The molecule has 1 saturated heterocycles. The highest BCUT2D eigenvalue weighted by Crippen LogP contribution is 2.27. The Balaban J connectivity index is 1.67. The van der Waals surface area contributed by atoms with Gasteiger partial charge in [-0.15, -0.1) is 5.10 Å². The van der Waals surface area contributed by atoms with Crippen molar-refractivity contribution in [3.8, 4) is 17.4 Å². The van der Waals surface area contributed by atoms with Crippen molar-refractivity contribution in [3.05, 3.63) is 41.6 Å². The Bertz CT molecular complexity index is 748. The van der Waals surface area contributed by atoms with Crippen LogP contribution in [0.3, 0.4) is 0 Å². The number of hydrogen-bond acceptors (Lipinski definition) is 6. The van der Waals surface area contributed by atoms with Crippen LogP contribution in [-0.2, 0) is 0 Å². The highest BCUT2D eigenvalue weighted by atomic mass is 16.5. The quantitative estimate of drug-likeness (QED) is 0.828. The molecule has 2 heterocycles. The van der Waals surface area contributed by atoms with E-state index in [9.17, 15) is 4.79 Å². The molecule has 1 aromatic carbocycles. The topological polar surface area (TPSA) is 73.8 Å². The van der Waals surface area contributed by atoms with Crippen molar-refractivity contribution in [1.29, 1.82) is 0 Å². The number of benzene rings is 1. The number of carbonyl (C=O) groups excluding carboxylic acids is 1. The Hall–Kier alpha value is -2.83. The van der Waals surface area contributed by atoms with E-state index >= 15 is 0 Å². The van der Waals surface area contributed by atoms with Crippen LogP contribution in [0.5, 0.6) is 17.4 Å². The Labute approximate surface area is 146 Å². The van der Waals surface area contributed by atoms with E-state index in [1.807, 2.05) is 13.0 Å². The second-order valence-electron chi connectivity index (χ2n) is 5.86. The molecule has 0 saturated carbocycles. The van der Waals surface area contributed by atoms with E-state index in [0.29, 0.717) is 36.0 Å². The van der Waals surface area contributed by atoms with E-state index in [2.05, 4.69) is 10.2 Å². The number of carbonyl (C=O) groups is 1. The Morgan fingerprint density at radius 1 is 1.16 bits per heavy atom. The van der Waals surface area contributed by atoms with Crippen molar-refractivity contribution in [2.45, 2.75) is 19.4 Å². The third-order valence-corrected chi connectivity index (χ3v) is 4.13. The second kappa shape index (κ2) is 7.38. The third-order valence-electron chi connectivity index (χ3n) is 4.13. The van der Waals surface area contributed by atoms with Gasteiger partial charge in [0.05, 0.1) is 32.0 Å². The Morgan fingerprint density at radius 3 is 2.68 bits per heavy atom. The monoisotopic (exact) mass is 343 g/mol. The van der Waals surface area contributed by atoms with Crippen LogP contribution in [0.2, 0.25) is 0 Å². The van der Waals surface area contributed by atoms with Crippen molar-refractivity contribution in [2.75, 3.05) is 27.3 Å². The molecule has 1 fully saturated rings. The van der Waals surface area contributed by atoms with E-state index in [1.165, 1.54) is 7.11 Å². The first kappa shape index (κ1) is 17.0. The zero-order valence-corrected chi connectivity index (χ0v) is 14.6. The molecule has 0 bridgehead atoms. The fraction of sp³-hybridized carbons (Fsp3) is 0.389. The van der Waals surface area contributed by atoms with Crippen LogP contribution in [-0.4, -0.2) is 54.4 Å². The van der Waals surface area contributed by atoms with Crippen LogP contribution in [0.1, 0.15) is 22.5 Å². The molecule has 1 unspecified atom stereocenters. The summed E-state index contributed by atoms with van der Waals surface area (Å²) in [6.07, 6.45) is 0.657. The first-order chi connectivity index (χ1) is 12.1. The van der Waals surface area contributed by atoms with Crippen molar-refractivity contribution in [3.63, 3.8) is 0 Å². The number of rotatable bonds is 5. The molecule has 7 nitrogen and oxygen atoms in total. The molecule has 7 heteroatoms. The predicted octanol–water partition coefficient (Wildman–Crippen LogP) is 2.10. The van der Waals surface area contributed by atoms with E-state index < -0.39 is 0 Å². The van der Waals surface area contributed by atoms with Gasteiger partial charge in [0.25, 0.3) is 5.91 Å². The number of hydrogen-bond donors (Lipinski definition) is 0. The van der Waals surface area contributed by atoms with E-state index in [0.717, 1.165) is 12.1 Å². The maximum atomic E-state index is 12.8. The van der Waals surface area contributed by atoms with Crippen LogP contribution in [0.4, 0.5) is 0 Å². The molecule has 0 aliphatic carbocycles. The molecule has 1 aromatic heterocycles. The van der Waals surface area contributed by atoms with Crippen LogP contribution < -0.4 is 14.2 Å². The van der Waals surface area contributed by atoms with Gasteiger partial charge in [-0.1, -0.05) is 0 Å². The van der Waals surface area contributed by atoms with Gasteiger partial charge in [0.1, 0.15) is 17.6 Å². The second-order valence-corrected chi connectivity index (χ2v) is 5.86. The van der Waals surface area contributed by atoms with Gasteiger partial charge in [-0.25, -0.2) is 0 Å². The van der Waals surface area contributed by atoms with Crippen molar-refractivity contribution >= 4 is 5.91 Å². The number of nitrogens with zero attached hydrogens (tertiary/aromatic N) is 3. The first-order valence-corrected chi connectivity index (χ1v) is 8.09. The van der Waals surface area contributed by atoms with Gasteiger partial charge >= 0.3 is 0 Å². The van der Waals surface area contributed by atoms with Gasteiger partial charge in [-0.05, 0) is 25.1 Å². The zero-order valence-electron chi connectivity index (χ0n) is 14.6. The molecule has 25 heavy (non-hydrogen) atoms. The number of ether oxygens (including phenoxy) is 3. The lowest BCUT2D eigenvalue weighted by atomic mass is 10.1. The molecule has 1 atom stereocenters. The van der Waals surface area contributed by atoms with Crippen LogP contribution in [0.15, 0.2) is 30.3 Å². The average molecular weight is 343 g/mol. The summed E-state index contributed by atoms with van der Waals surface area (Å²) >= 11 is 0. The van der Waals surface area contributed by atoms with Gasteiger partial charge in [0, 0.05) is 25.1 Å². The SMILES string of the molecule is COc1ccc(C(=O)N2CCC(Oc3ccc(C)nn3)C2)c(OC)c1. The van der Waals surface area contributed by atoms with Gasteiger partial charge in [0.2, 0.25) is 5.88 Å². The normalized spacial score (nSPS) is 16.6. The summed E-state index contributed by atoms with van der Waals surface area (Å²) in [7, 11) is 3.12. The van der Waals surface area contributed by atoms with Gasteiger partial charge in [-0.3, -0.25) is 4.79 Å². The third kappa shape index (κ3) is 3.81. The van der Waals surface area contributed by atoms with E-state index in [-0.39, 0.29) is 12.0 Å². The van der Waals surface area contributed by atoms with E-state index in [4.69, 9.17) is 14.2 Å². The lowest BCUT2D eigenvalue weighted by molar-refractivity contribution is 0.0767. The molecule has 0 radical (unpaired) electrons. The summed E-state index contributed by atoms with van der Waals surface area (Å²) in [5.74, 6) is 1.54. The lowest BCUT2D eigenvalue weighted by Gasteiger charge is -2.18. The number of aryl methyl sites for hydroxylation is 1. The average Bonchev–Trinajstić information content (AvgIpc) is 3.11. The molecule has 0 N–H and O–H groups in total. The van der Waals surface area contributed by atoms with Crippen molar-refractivity contribution in [1.82, 2.24) is 15.1 Å². The summed E-state index contributed by atoms with van der Waals surface area (Å²) in [5.41, 5.74) is 1.35. The summed E-state index contributed by atoms with van der Waals surface area (Å²) in [6, 6.07) is 8.82. The van der Waals surface area contributed by atoms with Crippen LogP contribution in [0, 0.1) is 6.92 Å². The van der Waals surface area contributed by atoms with Crippen molar-refractivity contribution < 1.29 is 19.0 Å². The fourth-order valence-electron chi connectivity index (χ4n) is 2.77. The minimum atomic E-state index is -0.0924. The minimum absolute atomic E-state index is 0.0828. The molecular formula is C18H21N3O4. The number of amides is 1.